The summed E-state index contributed by atoms with van der Waals surface area (Å²) in [6, 6.07) is 12.8. The van der Waals surface area contributed by atoms with Gasteiger partial charge in [-0.05, 0) is 36.2 Å². The largest absolute Gasteiger partial charge is 0.493 e. The maximum Gasteiger partial charge on any atom is 0.126 e. The third kappa shape index (κ3) is 2.90. The number of hydrogen-bond acceptors (Lipinski definition) is 3. The van der Waals surface area contributed by atoms with Gasteiger partial charge >= 0.3 is 0 Å². The van der Waals surface area contributed by atoms with E-state index in [1.807, 2.05) is 24.3 Å². The molecule has 0 amide bonds. The van der Waals surface area contributed by atoms with Gasteiger partial charge in [-0.1, -0.05) is 18.2 Å². The zero-order valence-electron chi connectivity index (χ0n) is 11.0. The molecule has 2 nitrogen and oxygen atoms in total. The number of ether oxygens (including phenoxy) is 1. The summed E-state index contributed by atoms with van der Waals surface area (Å²) in [4.78, 5) is 0.881. The lowest BCUT2D eigenvalue weighted by Gasteiger charge is -2.25. The molecule has 0 fully saturated rings. The van der Waals surface area contributed by atoms with E-state index in [1.165, 1.54) is 17.7 Å². The van der Waals surface area contributed by atoms with Crippen molar-refractivity contribution in [2.75, 3.05) is 18.1 Å². The summed E-state index contributed by atoms with van der Waals surface area (Å²) in [5.74, 6) is 2.04. The molecule has 2 aromatic rings. The Bertz CT molecular complexity index is 597. The second-order valence-electron chi connectivity index (χ2n) is 4.90. The molecule has 2 N–H and O–H groups in total. The molecule has 0 spiro atoms. The molecule has 0 aromatic heterocycles. The van der Waals surface area contributed by atoms with Crippen LogP contribution in [0.2, 0.25) is 0 Å². The molecule has 20 heavy (non-hydrogen) atoms. The van der Waals surface area contributed by atoms with Gasteiger partial charge in [-0.2, -0.15) is 0 Å². The third-order valence-electron chi connectivity index (χ3n) is 3.43. The Morgan fingerprint density at radius 2 is 2.10 bits per heavy atom. The van der Waals surface area contributed by atoms with E-state index in [9.17, 15) is 4.39 Å². The Balaban J connectivity index is 1.73. The summed E-state index contributed by atoms with van der Waals surface area (Å²) in [7, 11) is 0. The smallest absolute Gasteiger partial charge is 0.126 e. The Hall–Kier alpha value is -1.68. The fourth-order valence-corrected chi connectivity index (χ4v) is 3.61. The molecule has 2 aromatic carbocycles. The lowest BCUT2D eigenvalue weighted by Crippen LogP contribution is -2.15. The molecule has 1 aliphatic rings. The molecule has 1 unspecified atom stereocenters. The van der Waals surface area contributed by atoms with Gasteiger partial charge in [0, 0.05) is 22.3 Å². The summed E-state index contributed by atoms with van der Waals surface area (Å²) in [5, 5.41) is 0. The highest BCUT2D eigenvalue weighted by atomic mass is 32.2. The van der Waals surface area contributed by atoms with Crippen LogP contribution in [0.25, 0.3) is 0 Å². The van der Waals surface area contributed by atoms with Gasteiger partial charge in [0.25, 0.3) is 0 Å². The first-order valence-corrected chi connectivity index (χ1v) is 7.61. The minimum absolute atomic E-state index is 0.278. The normalized spacial score (nSPS) is 17.4. The molecule has 0 saturated carbocycles. The van der Waals surface area contributed by atoms with Gasteiger partial charge in [0.1, 0.15) is 11.6 Å². The number of nitrogens with two attached hydrogens (primary N) is 1. The molecule has 1 aliphatic heterocycles. The predicted octanol–water partition coefficient (Wildman–Crippen LogP) is 4.07. The van der Waals surface area contributed by atoms with Crippen molar-refractivity contribution in [3.05, 3.63) is 53.8 Å². The van der Waals surface area contributed by atoms with Gasteiger partial charge in [0.2, 0.25) is 0 Å². The maximum absolute atomic E-state index is 13.3. The monoisotopic (exact) mass is 289 g/mol. The highest BCUT2D eigenvalue weighted by Gasteiger charge is 2.21. The van der Waals surface area contributed by atoms with Crippen molar-refractivity contribution in [1.29, 1.82) is 0 Å². The Morgan fingerprint density at radius 3 is 2.95 bits per heavy atom. The van der Waals surface area contributed by atoms with Crippen molar-refractivity contribution < 1.29 is 9.13 Å². The van der Waals surface area contributed by atoms with Gasteiger partial charge in [-0.3, -0.25) is 0 Å². The number of para-hydroxylation sites is 1. The first kappa shape index (κ1) is 13.3. The zero-order valence-corrected chi connectivity index (χ0v) is 11.8. The summed E-state index contributed by atoms with van der Waals surface area (Å²) >= 11 is 1.64. The summed E-state index contributed by atoms with van der Waals surface area (Å²) in [6.45, 7) is 0.744. The van der Waals surface area contributed by atoms with Crippen LogP contribution in [0, 0.1) is 5.82 Å². The third-order valence-corrected chi connectivity index (χ3v) is 4.57. The van der Waals surface area contributed by atoms with E-state index < -0.39 is 0 Å². The van der Waals surface area contributed by atoms with Crippen LogP contribution in [0.1, 0.15) is 17.9 Å². The fourth-order valence-electron chi connectivity index (χ4n) is 2.45. The van der Waals surface area contributed by atoms with Crippen LogP contribution < -0.4 is 10.5 Å². The number of anilines is 1. The van der Waals surface area contributed by atoms with Gasteiger partial charge in [0.15, 0.2) is 0 Å². The highest BCUT2D eigenvalue weighted by molar-refractivity contribution is 7.99. The van der Waals surface area contributed by atoms with Gasteiger partial charge in [-0.25, -0.2) is 4.39 Å². The minimum atomic E-state index is -0.278. The number of benzene rings is 2. The van der Waals surface area contributed by atoms with Crippen molar-refractivity contribution in [2.24, 2.45) is 0 Å². The quantitative estimate of drug-likeness (QED) is 0.683. The number of fused-ring (bicyclic) bond motifs is 1. The van der Waals surface area contributed by atoms with Gasteiger partial charge in [-0.15, -0.1) is 11.8 Å². The average molecular weight is 289 g/mol. The van der Waals surface area contributed by atoms with Crippen molar-refractivity contribution in [3.63, 3.8) is 0 Å². The Labute approximate surface area is 122 Å². The molecule has 0 aliphatic carbocycles. The summed E-state index contributed by atoms with van der Waals surface area (Å²) in [6.07, 6.45) is 0.995. The van der Waals surface area contributed by atoms with Gasteiger partial charge < -0.3 is 10.5 Å². The maximum atomic E-state index is 13.3. The van der Waals surface area contributed by atoms with Crippen LogP contribution in [0.5, 0.6) is 5.75 Å². The molecule has 0 saturated heterocycles. The van der Waals surface area contributed by atoms with E-state index in [0.29, 0.717) is 11.6 Å². The molecule has 0 bridgehead atoms. The van der Waals surface area contributed by atoms with E-state index in [1.54, 1.807) is 11.8 Å². The number of thioether (sulfide) groups is 1. The SMILES string of the molecule is Nc1cc(F)cc(SCC2CCOc3ccccc32)c1. The number of rotatable bonds is 3. The zero-order chi connectivity index (χ0) is 13.9. The van der Waals surface area contributed by atoms with E-state index in [0.717, 1.165) is 29.4 Å². The molecule has 1 heterocycles. The Morgan fingerprint density at radius 1 is 1.25 bits per heavy atom. The minimum Gasteiger partial charge on any atom is -0.493 e. The molecule has 0 radical (unpaired) electrons. The lowest BCUT2D eigenvalue weighted by molar-refractivity contribution is 0.273. The number of hydrogen-bond donors (Lipinski definition) is 1. The van der Waals surface area contributed by atoms with Crippen LogP contribution in [0.3, 0.4) is 0 Å². The van der Waals surface area contributed by atoms with Crippen LogP contribution in [-0.2, 0) is 0 Å². The van der Waals surface area contributed by atoms with Crippen LogP contribution >= 0.6 is 11.8 Å². The lowest BCUT2D eigenvalue weighted by atomic mass is 9.95. The van der Waals surface area contributed by atoms with Crippen molar-refractivity contribution in [1.82, 2.24) is 0 Å². The number of nitrogen functional groups attached to an aromatic ring is 1. The molecular weight excluding hydrogens is 273 g/mol. The highest BCUT2D eigenvalue weighted by Crippen LogP contribution is 2.37. The second-order valence-corrected chi connectivity index (χ2v) is 6.00. The predicted molar refractivity (Wildman–Crippen MR) is 80.8 cm³/mol. The molecule has 3 rings (SSSR count). The molecule has 4 heteroatoms. The molecule has 104 valence electrons. The van der Waals surface area contributed by atoms with Crippen LogP contribution in [0.4, 0.5) is 10.1 Å². The molecule has 1 atom stereocenters. The summed E-state index contributed by atoms with van der Waals surface area (Å²) in [5.41, 5.74) is 7.39. The van der Waals surface area contributed by atoms with E-state index in [4.69, 9.17) is 10.5 Å². The van der Waals surface area contributed by atoms with E-state index in [2.05, 4.69) is 6.07 Å². The first-order valence-electron chi connectivity index (χ1n) is 6.63. The van der Waals surface area contributed by atoms with E-state index >= 15 is 0 Å². The topological polar surface area (TPSA) is 35.2 Å². The standard InChI is InChI=1S/C16H16FNOS/c17-12-7-13(18)9-14(8-12)20-10-11-5-6-19-16-4-2-1-3-15(11)16/h1-4,7-9,11H,5-6,10,18H2. The van der Waals surface area contributed by atoms with Crippen LogP contribution in [-0.4, -0.2) is 12.4 Å². The summed E-state index contributed by atoms with van der Waals surface area (Å²) < 4.78 is 19.0. The van der Waals surface area contributed by atoms with E-state index in [-0.39, 0.29) is 5.82 Å². The molecular formula is C16H16FNOS. The van der Waals surface area contributed by atoms with Gasteiger partial charge in [0.05, 0.1) is 6.61 Å². The van der Waals surface area contributed by atoms with Crippen molar-refractivity contribution >= 4 is 17.4 Å². The average Bonchev–Trinajstić information content (AvgIpc) is 2.44. The second kappa shape index (κ2) is 5.75. The Kier molecular flexibility index (Phi) is 3.83. The number of halogens is 1. The van der Waals surface area contributed by atoms with Crippen molar-refractivity contribution in [3.8, 4) is 5.75 Å². The van der Waals surface area contributed by atoms with Crippen LogP contribution in [0.15, 0.2) is 47.4 Å². The fraction of sp³-hybridized carbons (Fsp3) is 0.250. The first-order chi connectivity index (χ1) is 9.72. The van der Waals surface area contributed by atoms with Crippen molar-refractivity contribution in [2.45, 2.75) is 17.2 Å².